The lowest BCUT2D eigenvalue weighted by Gasteiger charge is -2.25. The number of anilines is 1. The van der Waals surface area contributed by atoms with Gasteiger partial charge in [0, 0.05) is 0 Å². The number of phenolic OH excluding ortho intramolecular Hbond substituents is 1. The average molecular weight is 462 g/mol. The zero-order chi connectivity index (χ0) is 22.8. The van der Waals surface area contributed by atoms with E-state index in [2.05, 4.69) is 6.58 Å². The van der Waals surface area contributed by atoms with Crippen LogP contribution in [0, 0.1) is 5.82 Å². The normalized spacial score (nSPS) is 11.2. The van der Waals surface area contributed by atoms with Gasteiger partial charge in [-0.25, -0.2) is 17.6 Å². The molecule has 3 rings (SSSR count). The van der Waals surface area contributed by atoms with Gasteiger partial charge in [0.05, 0.1) is 22.8 Å². The van der Waals surface area contributed by atoms with Crippen LogP contribution in [0.1, 0.15) is 10.4 Å². The summed E-state index contributed by atoms with van der Waals surface area (Å²) >= 11 is 5.84. The molecule has 0 bridgehead atoms. The van der Waals surface area contributed by atoms with Crippen LogP contribution in [0.2, 0.25) is 5.02 Å². The van der Waals surface area contributed by atoms with E-state index in [1.165, 1.54) is 18.2 Å². The summed E-state index contributed by atoms with van der Waals surface area (Å²) in [5.74, 6) is -3.10. The molecule has 0 aliphatic heterocycles. The van der Waals surface area contributed by atoms with Gasteiger partial charge in [-0.05, 0) is 35.4 Å². The molecule has 0 aliphatic rings. The molecule has 0 amide bonds. The van der Waals surface area contributed by atoms with Gasteiger partial charge in [-0.15, -0.1) is 6.58 Å². The maximum Gasteiger partial charge on any atom is 0.335 e. The number of rotatable bonds is 7. The van der Waals surface area contributed by atoms with Crippen molar-refractivity contribution < 1.29 is 27.8 Å². The third kappa shape index (κ3) is 4.40. The number of halogens is 2. The number of nitrogens with zero attached hydrogens (tertiary/aromatic N) is 1. The minimum absolute atomic E-state index is 0.294. The standard InChI is InChI=1S/C22H17ClFNO5S/c1-2-10-25(19-12-15(8-9-18(19)24)14-6-4-3-5-7-14)31(29,30)20-13-16(22(27)28)11-17(23)21(20)26/h2-9,11-13,26H,1,10H2,(H,27,28). The first-order valence-electron chi connectivity index (χ1n) is 8.91. The highest BCUT2D eigenvalue weighted by molar-refractivity contribution is 7.93. The number of hydrogen-bond donors (Lipinski definition) is 2. The Morgan fingerprint density at radius 3 is 2.39 bits per heavy atom. The lowest BCUT2D eigenvalue weighted by Crippen LogP contribution is -2.32. The Bertz CT molecular complexity index is 1260. The van der Waals surface area contributed by atoms with Crippen molar-refractivity contribution in [2.75, 3.05) is 10.8 Å². The van der Waals surface area contributed by atoms with Crippen LogP contribution in [-0.2, 0) is 10.0 Å². The van der Waals surface area contributed by atoms with E-state index in [0.717, 1.165) is 23.8 Å². The minimum atomic E-state index is -4.62. The van der Waals surface area contributed by atoms with Crippen LogP contribution in [0.3, 0.4) is 0 Å². The van der Waals surface area contributed by atoms with E-state index in [4.69, 9.17) is 11.6 Å². The number of aromatic carboxylic acids is 1. The van der Waals surface area contributed by atoms with Gasteiger partial charge in [0.1, 0.15) is 10.7 Å². The van der Waals surface area contributed by atoms with Crippen molar-refractivity contribution in [3.8, 4) is 16.9 Å². The van der Waals surface area contributed by atoms with Crippen LogP contribution in [0.15, 0.2) is 78.2 Å². The second-order valence-electron chi connectivity index (χ2n) is 6.47. The minimum Gasteiger partial charge on any atom is -0.505 e. The van der Waals surface area contributed by atoms with Crippen LogP contribution >= 0.6 is 11.6 Å². The van der Waals surface area contributed by atoms with Crippen molar-refractivity contribution in [3.63, 3.8) is 0 Å². The Balaban J connectivity index is 2.22. The van der Waals surface area contributed by atoms with Crippen LogP contribution < -0.4 is 4.31 Å². The predicted molar refractivity (Wildman–Crippen MR) is 117 cm³/mol. The summed E-state index contributed by atoms with van der Waals surface area (Å²) in [5, 5.41) is 19.0. The van der Waals surface area contributed by atoms with Crippen LogP contribution in [-0.4, -0.2) is 31.1 Å². The zero-order valence-electron chi connectivity index (χ0n) is 16.0. The monoisotopic (exact) mass is 461 g/mol. The van der Waals surface area contributed by atoms with E-state index < -0.39 is 43.0 Å². The van der Waals surface area contributed by atoms with Crippen molar-refractivity contribution >= 4 is 33.3 Å². The molecule has 0 saturated carbocycles. The number of carbonyl (C=O) groups is 1. The highest BCUT2D eigenvalue weighted by Crippen LogP contribution is 2.37. The van der Waals surface area contributed by atoms with Gasteiger partial charge in [-0.3, -0.25) is 4.31 Å². The van der Waals surface area contributed by atoms with E-state index in [-0.39, 0.29) is 12.2 Å². The van der Waals surface area contributed by atoms with Crippen LogP contribution in [0.5, 0.6) is 5.75 Å². The number of phenols is 1. The molecule has 9 heteroatoms. The fraction of sp³-hybridized carbons (Fsp3) is 0.0455. The zero-order valence-corrected chi connectivity index (χ0v) is 17.6. The molecule has 3 aromatic carbocycles. The molecule has 3 aromatic rings. The molecule has 0 unspecified atom stereocenters. The third-order valence-corrected chi connectivity index (χ3v) is 6.54. The summed E-state index contributed by atoms with van der Waals surface area (Å²) in [4.78, 5) is 10.6. The molecule has 0 radical (unpaired) electrons. The molecule has 0 spiro atoms. The molecule has 0 aromatic heterocycles. The molecule has 2 N–H and O–H groups in total. The second-order valence-corrected chi connectivity index (χ2v) is 8.70. The first kappa shape index (κ1) is 22.3. The maximum absolute atomic E-state index is 14.8. The molecular weight excluding hydrogens is 445 g/mol. The fourth-order valence-corrected chi connectivity index (χ4v) is 4.81. The second kappa shape index (κ2) is 8.79. The molecule has 0 aliphatic carbocycles. The Hall–Kier alpha value is -3.36. The number of carboxylic acid groups (broad SMARTS) is 1. The van der Waals surface area contributed by atoms with Crippen molar-refractivity contribution in [2.24, 2.45) is 0 Å². The topological polar surface area (TPSA) is 94.9 Å². The third-order valence-electron chi connectivity index (χ3n) is 4.46. The van der Waals surface area contributed by atoms with Crippen molar-refractivity contribution in [3.05, 3.63) is 89.7 Å². The summed E-state index contributed by atoms with van der Waals surface area (Å²) in [6, 6.07) is 14.6. The van der Waals surface area contributed by atoms with Gasteiger partial charge in [-0.1, -0.05) is 54.1 Å². The lowest BCUT2D eigenvalue weighted by atomic mass is 10.1. The van der Waals surface area contributed by atoms with Gasteiger partial charge >= 0.3 is 5.97 Å². The van der Waals surface area contributed by atoms with Gasteiger partial charge in [0.25, 0.3) is 10.0 Å². The molecule has 160 valence electrons. The van der Waals surface area contributed by atoms with E-state index in [1.54, 1.807) is 24.3 Å². The molecule has 0 heterocycles. The fourth-order valence-electron chi connectivity index (χ4n) is 2.97. The largest absolute Gasteiger partial charge is 0.505 e. The molecule has 0 atom stereocenters. The molecule has 0 saturated heterocycles. The number of aromatic hydroxyl groups is 1. The highest BCUT2D eigenvalue weighted by atomic mass is 35.5. The Morgan fingerprint density at radius 1 is 1.10 bits per heavy atom. The highest BCUT2D eigenvalue weighted by Gasteiger charge is 2.31. The first-order valence-corrected chi connectivity index (χ1v) is 10.7. The van der Waals surface area contributed by atoms with Crippen molar-refractivity contribution in [1.29, 1.82) is 0 Å². The summed E-state index contributed by atoms with van der Waals surface area (Å²) in [6.07, 6.45) is 1.24. The van der Waals surface area contributed by atoms with Crippen LogP contribution in [0.4, 0.5) is 10.1 Å². The number of sulfonamides is 1. The number of benzene rings is 3. The summed E-state index contributed by atoms with van der Waals surface area (Å²) in [7, 11) is -4.62. The van der Waals surface area contributed by atoms with E-state index in [0.29, 0.717) is 9.87 Å². The maximum atomic E-state index is 14.8. The van der Waals surface area contributed by atoms with Gasteiger partial charge < -0.3 is 10.2 Å². The Kier molecular flexibility index (Phi) is 6.33. The summed E-state index contributed by atoms with van der Waals surface area (Å²) < 4.78 is 42.2. The SMILES string of the molecule is C=CCN(c1cc(-c2ccccc2)ccc1F)S(=O)(=O)c1cc(C(=O)O)cc(Cl)c1O. The lowest BCUT2D eigenvalue weighted by molar-refractivity contribution is 0.0696. The molecule has 0 fully saturated rings. The van der Waals surface area contributed by atoms with Gasteiger partial charge in [-0.2, -0.15) is 0 Å². The Labute approximate surface area is 183 Å². The van der Waals surface area contributed by atoms with E-state index in [1.807, 2.05) is 6.07 Å². The molecule has 31 heavy (non-hydrogen) atoms. The quantitative estimate of drug-likeness (QED) is 0.486. The van der Waals surface area contributed by atoms with Crippen molar-refractivity contribution in [2.45, 2.75) is 4.90 Å². The number of carboxylic acids is 1. The first-order chi connectivity index (χ1) is 14.7. The average Bonchev–Trinajstić information content (AvgIpc) is 2.74. The number of hydrogen-bond acceptors (Lipinski definition) is 4. The van der Waals surface area contributed by atoms with Crippen LogP contribution in [0.25, 0.3) is 11.1 Å². The van der Waals surface area contributed by atoms with Gasteiger partial charge in [0.2, 0.25) is 0 Å². The Morgan fingerprint density at radius 2 is 1.77 bits per heavy atom. The van der Waals surface area contributed by atoms with Crippen molar-refractivity contribution in [1.82, 2.24) is 0 Å². The summed E-state index contributed by atoms with van der Waals surface area (Å²) in [5.41, 5.74) is 0.553. The predicted octanol–water partition coefficient (Wildman–Crippen LogP) is 4.93. The molecular formula is C22H17ClFNO5S. The van der Waals surface area contributed by atoms with E-state index in [9.17, 15) is 27.8 Å². The molecule has 6 nitrogen and oxygen atoms in total. The summed E-state index contributed by atoms with van der Waals surface area (Å²) in [6.45, 7) is 3.18. The van der Waals surface area contributed by atoms with Gasteiger partial charge in [0.15, 0.2) is 5.75 Å². The smallest absolute Gasteiger partial charge is 0.335 e. The van der Waals surface area contributed by atoms with E-state index >= 15 is 0 Å².